The molecule has 1 N–H and O–H groups in total. The monoisotopic (exact) mass is 270 g/mol. The summed E-state index contributed by atoms with van der Waals surface area (Å²) in [6.45, 7) is 11.8. The van der Waals surface area contributed by atoms with Crippen molar-refractivity contribution in [1.29, 1.82) is 0 Å². The summed E-state index contributed by atoms with van der Waals surface area (Å²) < 4.78 is 5.34. The Hall–Kier alpha value is -1.26. The average Bonchev–Trinajstić information content (AvgIpc) is 2.59. The molecule has 0 spiro atoms. The van der Waals surface area contributed by atoms with Gasteiger partial charge in [-0.15, -0.1) is 0 Å². The maximum absolute atomic E-state index is 12.2. The van der Waals surface area contributed by atoms with E-state index in [1.807, 2.05) is 41.5 Å². The van der Waals surface area contributed by atoms with E-state index >= 15 is 0 Å². The normalized spacial score (nSPS) is 20.3. The van der Waals surface area contributed by atoms with Crippen LogP contribution in [-0.4, -0.2) is 40.6 Å². The third kappa shape index (κ3) is 5.09. The number of ether oxygens (including phenoxy) is 1. The van der Waals surface area contributed by atoms with Crippen molar-refractivity contribution in [1.82, 2.24) is 10.2 Å². The molecule has 0 aliphatic carbocycles. The van der Waals surface area contributed by atoms with Gasteiger partial charge in [0.2, 0.25) is 5.91 Å². The van der Waals surface area contributed by atoms with Crippen LogP contribution in [0.3, 0.4) is 0 Å². The molecule has 0 radical (unpaired) electrons. The summed E-state index contributed by atoms with van der Waals surface area (Å²) in [6.07, 6.45) is 1.13. The second-order valence-corrected chi connectivity index (χ2v) is 7.07. The predicted octanol–water partition coefficient (Wildman–Crippen LogP) is 2.30. The van der Waals surface area contributed by atoms with Gasteiger partial charge in [-0.2, -0.15) is 0 Å². The zero-order valence-corrected chi connectivity index (χ0v) is 12.9. The predicted molar refractivity (Wildman–Crippen MR) is 73.9 cm³/mol. The van der Waals surface area contributed by atoms with Crippen LogP contribution in [0.5, 0.6) is 0 Å². The van der Waals surface area contributed by atoms with Crippen LogP contribution < -0.4 is 5.32 Å². The lowest BCUT2D eigenvalue weighted by atomic mass is 10.1. The van der Waals surface area contributed by atoms with Gasteiger partial charge in [-0.3, -0.25) is 9.69 Å². The second kappa shape index (κ2) is 5.39. The van der Waals surface area contributed by atoms with Crippen LogP contribution in [0, 0.1) is 0 Å². The molecule has 0 aromatic rings. The van der Waals surface area contributed by atoms with E-state index in [1.54, 1.807) is 0 Å². The third-order valence-electron chi connectivity index (χ3n) is 2.68. The maximum atomic E-state index is 12.2. The van der Waals surface area contributed by atoms with Gasteiger partial charge in [-0.05, 0) is 54.4 Å². The minimum atomic E-state index is -0.537. The second-order valence-electron chi connectivity index (χ2n) is 7.07. The number of amides is 2. The quantitative estimate of drug-likeness (QED) is 0.795. The summed E-state index contributed by atoms with van der Waals surface area (Å²) in [5, 5.41) is 2.92. The number of nitrogens with one attached hydrogen (secondary N) is 1. The lowest BCUT2D eigenvalue weighted by Gasteiger charge is -2.30. The van der Waals surface area contributed by atoms with Gasteiger partial charge >= 0.3 is 6.09 Å². The molecule has 110 valence electrons. The van der Waals surface area contributed by atoms with Crippen molar-refractivity contribution in [3.8, 4) is 0 Å². The molecule has 0 aromatic heterocycles. The van der Waals surface area contributed by atoms with Crippen LogP contribution in [0.1, 0.15) is 54.4 Å². The highest BCUT2D eigenvalue weighted by Gasteiger charge is 2.37. The Balaban J connectivity index is 2.69. The van der Waals surface area contributed by atoms with Crippen molar-refractivity contribution in [2.45, 2.75) is 71.6 Å². The first-order valence-corrected chi connectivity index (χ1v) is 6.81. The average molecular weight is 270 g/mol. The first kappa shape index (κ1) is 15.8. The molecule has 1 rings (SSSR count). The number of likely N-dealkylation sites (tertiary alicyclic amines) is 1. The van der Waals surface area contributed by atoms with Crippen molar-refractivity contribution in [2.75, 3.05) is 6.54 Å². The first-order valence-electron chi connectivity index (χ1n) is 6.81. The summed E-state index contributed by atoms with van der Waals surface area (Å²) in [7, 11) is 0. The zero-order valence-electron chi connectivity index (χ0n) is 12.9. The van der Waals surface area contributed by atoms with Gasteiger partial charge in [0.15, 0.2) is 0 Å². The molecule has 1 aliphatic heterocycles. The van der Waals surface area contributed by atoms with Crippen LogP contribution in [-0.2, 0) is 9.53 Å². The van der Waals surface area contributed by atoms with Gasteiger partial charge < -0.3 is 10.1 Å². The Labute approximate surface area is 115 Å². The van der Waals surface area contributed by atoms with E-state index in [9.17, 15) is 9.59 Å². The van der Waals surface area contributed by atoms with Crippen LogP contribution in [0.25, 0.3) is 0 Å². The molecule has 5 heteroatoms. The molecule has 1 aliphatic rings. The maximum Gasteiger partial charge on any atom is 0.410 e. The highest BCUT2D eigenvalue weighted by Crippen LogP contribution is 2.21. The molecular formula is C14H26N2O3. The van der Waals surface area contributed by atoms with E-state index in [1.165, 1.54) is 4.90 Å². The molecule has 1 heterocycles. The lowest BCUT2D eigenvalue weighted by Crippen LogP contribution is -2.52. The summed E-state index contributed by atoms with van der Waals surface area (Å²) in [5.41, 5.74) is -0.829. The molecule has 0 aromatic carbocycles. The number of hydrogen-bond donors (Lipinski definition) is 1. The Morgan fingerprint density at radius 1 is 1.16 bits per heavy atom. The summed E-state index contributed by atoms with van der Waals surface area (Å²) in [5.74, 6) is -0.101. The summed E-state index contributed by atoms with van der Waals surface area (Å²) in [6, 6.07) is -0.408. The van der Waals surface area contributed by atoms with E-state index in [4.69, 9.17) is 4.74 Å². The van der Waals surface area contributed by atoms with Crippen molar-refractivity contribution in [2.24, 2.45) is 0 Å². The van der Waals surface area contributed by atoms with Crippen molar-refractivity contribution >= 4 is 12.0 Å². The Kier molecular flexibility index (Phi) is 4.48. The Morgan fingerprint density at radius 3 is 2.21 bits per heavy atom. The molecular weight excluding hydrogens is 244 g/mol. The SMILES string of the molecule is CC(C)(C)NC(=O)C1CCCN1C(=O)OC(C)(C)C. The minimum Gasteiger partial charge on any atom is -0.444 e. The van der Waals surface area contributed by atoms with Gasteiger partial charge in [0.1, 0.15) is 11.6 Å². The topological polar surface area (TPSA) is 58.6 Å². The number of rotatable bonds is 1. The van der Waals surface area contributed by atoms with Gasteiger partial charge in [-0.1, -0.05) is 0 Å². The lowest BCUT2D eigenvalue weighted by molar-refractivity contribution is -0.126. The van der Waals surface area contributed by atoms with Gasteiger partial charge in [0, 0.05) is 12.1 Å². The number of nitrogens with zero attached hydrogens (tertiary/aromatic N) is 1. The fourth-order valence-electron chi connectivity index (χ4n) is 2.03. The molecule has 0 saturated carbocycles. The standard InChI is InChI=1S/C14H26N2O3/c1-13(2,3)15-11(17)10-8-7-9-16(10)12(18)19-14(4,5)6/h10H,7-9H2,1-6H3,(H,15,17). The molecule has 1 fully saturated rings. The number of carbonyl (C=O) groups excluding carboxylic acids is 2. The van der Waals surface area contributed by atoms with Crippen molar-refractivity contribution in [3.05, 3.63) is 0 Å². The van der Waals surface area contributed by atoms with Gasteiger partial charge in [0.05, 0.1) is 0 Å². The third-order valence-corrected chi connectivity index (χ3v) is 2.68. The Morgan fingerprint density at radius 2 is 1.74 bits per heavy atom. The molecule has 1 unspecified atom stereocenters. The van der Waals surface area contributed by atoms with Gasteiger partial charge in [0.25, 0.3) is 0 Å². The van der Waals surface area contributed by atoms with E-state index < -0.39 is 17.7 Å². The minimum absolute atomic E-state index is 0.101. The molecule has 19 heavy (non-hydrogen) atoms. The van der Waals surface area contributed by atoms with Crippen molar-refractivity contribution < 1.29 is 14.3 Å². The van der Waals surface area contributed by atoms with Crippen molar-refractivity contribution in [3.63, 3.8) is 0 Å². The van der Waals surface area contributed by atoms with Gasteiger partial charge in [-0.25, -0.2) is 4.79 Å². The summed E-state index contributed by atoms with van der Waals surface area (Å²) in [4.78, 5) is 25.8. The summed E-state index contributed by atoms with van der Waals surface area (Å²) >= 11 is 0. The van der Waals surface area contributed by atoms with Crippen LogP contribution in [0.15, 0.2) is 0 Å². The van der Waals surface area contributed by atoms with E-state index in [2.05, 4.69) is 5.32 Å². The number of carbonyl (C=O) groups is 2. The van der Waals surface area contributed by atoms with Crippen LogP contribution in [0.4, 0.5) is 4.79 Å². The highest BCUT2D eigenvalue weighted by atomic mass is 16.6. The van der Waals surface area contributed by atoms with E-state index in [0.29, 0.717) is 13.0 Å². The van der Waals surface area contributed by atoms with E-state index in [0.717, 1.165) is 6.42 Å². The molecule has 2 amide bonds. The molecule has 1 saturated heterocycles. The fraction of sp³-hybridized carbons (Fsp3) is 0.857. The zero-order chi connectivity index (χ0) is 14.8. The first-order chi connectivity index (χ1) is 8.49. The smallest absolute Gasteiger partial charge is 0.410 e. The number of hydrogen-bond acceptors (Lipinski definition) is 3. The Bertz CT molecular complexity index is 319. The highest BCUT2D eigenvalue weighted by molar-refractivity contribution is 5.86. The van der Waals surface area contributed by atoms with Crippen LogP contribution >= 0.6 is 0 Å². The molecule has 0 bridgehead atoms. The molecule has 1 atom stereocenters. The largest absolute Gasteiger partial charge is 0.444 e. The van der Waals surface area contributed by atoms with Crippen LogP contribution in [0.2, 0.25) is 0 Å². The fourth-order valence-corrected chi connectivity index (χ4v) is 2.03. The van der Waals surface area contributed by atoms with E-state index in [-0.39, 0.29) is 11.4 Å². The molecule has 5 nitrogen and oxygen atoms in total.